The van der Waals surface area contributed by atoms with Crippen LogP contribution in [0.3, 0.4) is 0 Å². The van der Waals surface area contributed by atoms with Crippen LogP contribution < -0.4 is 0 Å². The molecule has 35 heavy (non-hydrogen) atoms. The Labute approximate surface area is 212 Å². The Hall–Kier alpha value is -1.71. The van der Waals surface area contributed by atoms with Gasteiger partial charge < -0.3 is 4.74 Å². The summed E-state index contributed by atoms with van der Waals surface area (Å²) in [5.41, 5.74) is 3.42. The molecule has 0 aromatic carbocycles. The molecule has 2 fully saturated rings. The van der Waals surface area contributed by atoms with Crippen LogP contribution in [-0.2, 0) is 19.1 Å². The third-order valence-corrected chi connectivity index (χ3v) is 11.1. The molecule has 0 aromatic rings. The van der Waals surface area contributed by atoms with E-state index in [1.807, 2.05) is 6.92 Å². The molecule has 0 bridgehead atoms. The number of hydrogen-bond acceptors (Lipinski definition) is 4. The smallest absolute Gasteiger partial charge is 0.312 e. The highest BCUT2D eigenvalue weighted by molar-refractivity contribution is 6.00. The van der Waals surface area contributed by atoms with Crippen LogP contribution >= 0.6 is 0 Å². The second-order valence-corrected chi connectivity index (χ2v) is 12.8. The Morgan fingerprint density at radius 2 is 1.86 bits per heavy atom. The summed E-state index contributed by atoms with van der Waals surface area (Å²) in [6.07, 6.45) is 9.55. The molecule has 4 rings (SSSR count). The number of esters is 1. The normalized spacial score (nSPS) is 38.7. The lowest BCUT2D eigenvalue weighted by atomic mass is 9.45. The van der Waals surface area contributed by atoms with Crippen molar-refractivity contribution < 1.29 is 19.1 Å². The molecule has 4 nitrogen and oxygen atoms in total. The topological polar surface area (TPSA) is 60.4 Å². The van der Waals surface area contributed by atoms with Crippen molar-refractivity contribution >= 4 is 17.5 Å². The number of carbonyl (C=O) groups is 3. The summed E-state index contributed by atoms with van der Waals surface area (Å²) in [5, 5.41) is 0. The molecule has 0 aromatic heterocycles. The van der Waals surface area contributed by atoms with Crippen LogP contribution in [0, 0.1) is 46.3 Å². The van der Waals surface area contributed by atoms with Crippen molar-refractivity contribution in [3.8, 4) is 0 Å². The molecular formula is C31H46O4. The van der Waals surface area contributed by atoms with Crippen LogP contribution in [0.1, 0.15) is 98.8 Å². The second-order valence-electron chi connectivity index (χ2n) is 12.8. The summed E-state index contributed by atoms with van der Waals surface area (Å²) in [5.74, 6) is 2.12. The molecule has 0 N–H and O–H groups in total. The van der Waals surface area contributed by atoms with Gasteiger partial charge in [-0.3, -0.25) is 14.4 Å². The fourth-order valence-corrected chi connectivity index (χ4v) is 8.93. The van der Waals surface area contributed by atoms with E-state index in [0.717, 1.165) is 43.3 Å². The van der Waals surface area contributed by atoms with Gasteiger partial charge in [0.05, 0.1) is 13.0 Å². The minimum atomic E-state index is -0.272. The number of rotatable bonds is 6. The van der Waals surface area contributed by atoms with Crippen molar-refractivity contribution in [3.05, 3.63) is 23.3 Å². The average molecular weight is 483 g/mol. The van der Waals surface area contributed by atoms with E-state index < -0.39 is 0 Å². The molecule has 0 spiro atoms. The Bertz CT molecular complexity index is 944. The van der Waals surface area contributed by atoms with E-state index in [-0.39, 0.29) is 28.6 Å². The van der Waals surface area contributed by atoms with Gasteiger partial charge in [0.15, 0.2) is 5.78 Å². The van der Waals surface area contributed by atoms with Gasteiger partial charge in [-0.1, -0.05) is 51.8 Å². The summed E-state index contributed by atoms with van der Waals surface area (Å²) >= 11 is 0. The third-order valence-electron chi connectivity index (χ3n) is 11.1. The Morgan fingerprint density at radius 1 is 1.14 bits per heavy atom. The van der Waals surface area contributed by atoms with E-state index in [1.165, 1.54) is 31.9 Å². The zero-order chi connectivity index (χ0) is 25.7. The van der Waals surface area contributed by atoms with Gasteiger partial charge in [0.1, 0.15) is 5.78 Å². The molecule has 8 atom stereocenters. The highest BCUT2D eigenvalue weighted by Gasteiger charge is 2.58. The van der Waals surface area contributed by atoms with E-state index in [2.05, 4.69) is 34.3 Å². The third kappa shape index (κ3) is 4.27. The summed E-state index contributed by atoms with van der Waals surface area (Å²) in [6.45, 7) is 15.2. The average Bonchev–Trinajstić information content (AvgIpc) is 2.82. The highest BCUT2D eigenvalue weighted by atomic mass is 16.5. The maximum absolute atomic E-state index is 14.0. The number of fused-ring (bicyclic) bond motifs is 4. The van der Waals surface area contributed by atoms with Crippen molar-refractivity contribution in [2.24, 2.45) is 46.3 Å². The van der Waals surface area contributed by atoms with Crippen molar-refractivity contribution in [2.75, 3.05) is 7.11 Å². The number of ether oxygens (including phenoxy) is 1. The zero-order valence-corrected chi connectivity index (χ0v) is 22.9. The number of carbonyl (C=O) groups excluding carboxylic acids is 3. The predicted molar refractivity (Wildman–Crippen MR) is 139 cm³/mol. The molecule has 4 aliphatic rings. The molecular weight excluding hydrogens is 436 g/mol. The maximum atomic E-state index is 14.0. The first-order chi connectivity index (χ1) is 16.5. The molecule has 0 saturated heterocycles. The van der Waals surface area contributed by atoms with Gasteiger partial charge in [-0.05, 0) is 86.4 Å². The minimum absolute atomic E-state index is 0.00216. The van der Waals surface area contributed by atoms with Gasteiger partial charge in [0, 0.05) is 24.3 Å². The fraction of sp³-hybridized carbons (Fsp3) is 0.774. The van der Waals surface area contributed by atoms with Crippen LogP contribution in [0.25, 0.3) is 0 Å². The van der Waals surface area contributed by atoms with Gasteiger partial charge in [0.25, 0.3) is 0 Å². The SMILES string of the molecule is C=C(CC[C@@H](C)[C@H]1CCC[C@H]2C3=C(C(=O)C[C@]12C)[C@@]1(C)CCC(=O)[C@@H](C)[C@@H]1CC3)[C@H](C)C(=O)OC. The first-order valence-electron chi connectivity index (χ1n) is 14.0. The van der Waals surface area contributed by atoms with Gasteiger partial charge >= 0.3 is 5.97 Å². The van der Waals surface area contributed by atoms with Crippen molar-refractivity contribution in [1.82, 2.24) is 0 Å². The van der Waals surface area contributed by atoms with Crippen LogP contribution in [0.4, 0.5) is 0 Å². The molecule has 194 valence electrons. The van der Waals surface area contributed by atoms with E-state index >= 15 is 0 Å². The maximum Gasteiger partial charge on any atom is 0.312 e. The van der Waals surface area contributed by atoms with Crippen LogP contribution in [0.5, 0.6) is 0 Å². The molecule has 0 amide bonds. The van der Waals surface area contributed by atoms with E-state index in [0.29, 0.717) is 48.1 Å². The second kappa shape index (κ2) is 9.63. The molecule has 0 radical (unpaired) electrons. The lowest BCUT2D eigenvalue weighted by molar-refractivity contribution is -0.143. The summed E-state index contributed by atoms with van der Waals surface area (Å²) < 4.78 is 4.90. The number of methoxy groups -OCH3 is 1. The van der Waals surface area contributed by atoms with E-state index in [1.54, 1.807) is 0 Å². The zero-order valence-electron chi connectivity index (χ0n) is 22.9. The predicted octanol–water partition coefficient (Wildman–Crippen LogP) is 6.88. The van der Waals surface area contributed by atoms with Gasteiger partial charge in [0.2, 0.25) is 0 Å². The molecule has 0 unspecified atom stereocenters. The van der Waals surface area contributed by atoms with Crippen LogP contribution in [0.15, 0.2) is 23.3 Å². The number of ketones is 2. The number of Topliss-reactive ketones (excluding diaryl/α,β-unsaturated/α-hetero) is 2. The fourth-order valence-electron chi connectivity index (χ4n) is 8.93. The number of allylic oxidation sites excluding steroid dienone is 2. The molecule has 2 saturated carbocycles. The minimum Gasteiger partial charge on any atom is -0.469 e. The lowest BCUT2D eigenvalue weighted by Gasteiger charge is -2.58. The Kier molecular flexibility index (Phi) is 7.25. The van der Waals surface area contributed by atoms with Crippen LogP contribution in [-0.4, -0.2) is 24.6 Å². The Morgan fingerprint density at radius 3 is 2.54 bits per heavy atom. The molecule has 0 aliphatic heterocycles. The first kappa shape index (κ1) is 26.4. The summed E-state index contributed by atoms with van der Waals surface area (Å²) in [4.78, 5) is 38.4. The van der Waals surface area contributed by atoms with E-state index in [9.17, 15) is 14.4 Å². The standard InChI is InChI=1S/C31H46O4/c1-18(20(3)29(34)35-7)11-12-19(2)23-9-8-10-25-22-13-14-24-21(4)26(32)15-16-30(24,5)28(22)27(33)17-31(23,25)6/h19-21,23-25H,1,8-17H2,2-7H3/t19-,20+,21+,23-,24+,25+,30+,31-/m1/s1. The number of hydrogen-bond donors (Lipinski definition) is 0. The van der Waals surface area contributed by atoms with Crippen molar-refractivity contribution in [1.29, 1.82) is 0 Å². The first-order valence-corrected chi connectivity index (χ1v) is 14.0. The van der Waals surface area contributed by atoms with Gasteiger partial charge in [-0.15, -0.1) is 0 Å². The van der Waals surface area contributed by atoms with Crippen LogP contribution in [0.2, 0.25) is 0 Å². The van der Waals surface area contributed by atoms with Gasteiger partial charge in [-0.2, -0.15) is 0 Å². The summed E-state index contributed by atoms with van der Waals surface area (Å²) in [6, 6.07) is 0. The van der Waals surface area contributed by atoms with Crippen molar-refractivity contribution in [2.45, 2.75) is 98.8 Å². The van der Waals surface area contributed by atoms with E-state index in [4.69, 9.17) is 4.74 Å². The van der Waals surface area contributed by atoms with Gasteiger partial charge in [-0.25, -0.2) is 0 Å². The quantitative estimate of drug-likeness (QED) is 0.306. The largest absolute Gasteiger partial charge is 0.469 e. The molecule has 4 aliphatic carbocycles. The Balaban J connectivity index is 1.57. The molecule has 0 heterocycles. The van der Waals surface area contributed by atoms with Crippen molar-refractivity contribution in [3.63, 3.8) is 0 Å². The highest BCUT2D eigenvalue weighted by Crippen LogP contribution is 2.64. The summed E-state index contributed by atoms with van der Waals surface area (Å²) in [7, 11) is 1.43. The monoisotopic (exact) mass is 482 g/mol. The lowest BCUT2D eigenvalue weighted by Crippen LogP contribution is -2.53. The molecule has 4 heteroatoms.